The summed E-state index contributed by atoms with van der Waals surface area (Å²) in [7, 11) is 0. The summed E-state index contributed by atoms with van der Waals surface area (Å²) in [4.78, 5) is 3.91. The van der Waals surface area contributed by atoms with E-state index in [1.165, 1.54) is 0 Å². The van der Waals surface area contributed by atoms with Gasteiger partial charge in [-0.05, 0) is 19.1 Å². The molecule has 0 aromatic carbocycles. The predicted molar refractivity (Wildman–Crippen MR) is 47.9 cm³/mol. The number of hydrogen-bond acceptors (Lipinski definition) is 4. The second-order valence-corrected chi connectivity index (χ2v) is 3.11. The lowest BCUT2D eigenvalue weighted by molar-refractivity contribution is -0.149. The molecular weight excluding hydrogens is 168 g/mol. The smallest absolute Gasteiger partial charge is 0.192 e. The van der Waals surface area contributed by atoms with E-state index in [4.69, 9.17) is 15.2 Å². The van der Waals surface area contributed by atoms with Crippen LogP contribution in [0, 0.1) is 0 Å². The van der Waals surface area contributed by atoms with Crippen LogP contribution in [0.4, 0.5) is 5.82 Å². The lowest BCUT2D eigenvalue weighted by Crippen LogP contribution is -2.22. The molecule has 2 rings (SSSR count). The van der Waals surface area contributed by atoms with Crippen molar-refractivity contribution in [2.45, 2.75) is 12.7 Å². The van der Waals surface area contributed by atoms with Crippen molar-refractivity contribution in [2.24, 2.45) is 0 Å². The fourth-order valence-electron chi connectivity index (χ4n) is 1.41. The van der Waals surface area contributed by atoms with Gasteiger partial charge in [0.1, 0.15) is 5.82 Å². The van der Waals surface area contributed by atoms with Crippen molar-refractivity contribution in [3.05, 3.63) is 23.9 Å². The maximum atomic E-state index is 5.56. The zero-order chi connectivity index (χ0) is 9.31. The van der Waals surface area contributed by atoms with E-state index in [0.717, 1.165) is 5.56 Å². The van der Waals surface area contributed by atoms with Crippen LogP contribution < -0.4 is 5.73 Å². The molecule has 1 aliphatic heterocycles. The van der Waals surface area contributed by atoms with Gasteiger partial charge < -0.3 is 15.2 Å². The van der Waals surface area contributed by atoms with Crippen LogP contribution in [0.1, 0.15) is 12.5 Å². The molecule has 2 N–H and O–H groups in total. The van der Waals surface area contributed by atoms with E-state index in [1.807, 2.05) is 13.0 Å². The normalized spacial score (nSPS) is 20.4. The molecule has 1 aromatic heterocycles. The highest BCUT2D eigenvalue weighted by atomic mass is 16.7. The third-order valence-electron chi connectivity index (χ3n) is 2.14. The van der Waals surface area contributed by atoms with Crippen LogP contribution in [-0.4, -0.2) is 18.2 Å². The summed E-state index contributed by atoms with van der Waals surface area (Å²) in [5.41, 5.74) is 6.48. The minimum Gasteiger partial charge on any atom is -0.384 e. The number of nitrogen functional groups attached to an aromatic ring is 1. The number of rotatable bonds is 1. The van der Waals surface area contributed by atoms with E-state index in [9.17, 15) is 0 Å². The van der Waals surface area contributed by atoms with Gasteiger partial charge in [-0.1, -0.05) is 0 Å². The Kier molecular flexibility index (Phi) is 1.94. The standard InChI is InChI=1S/C9H12N2O2/c1-9(12-4-5-13-9)7-2-3-11-8(10)6-7/h2-3,6H,4-5H2,1H3,(H2,10,11). The quantitative estimate of drug-likeness (QED) is 0.697. The molecule has 0 spiro atoms. The van der Waals surface area contributed by atoms with Crippen LogP contribution in [0.5, 0.6) is 0 Å². The molecule has 0 radical (unpaired) electrons. The number of hydrogen-bond donors (Lipinski definition) is 1. The first-order chi connectivity index (χ1) is 6.21. The third-order valence-corrected chi connectivity index (χ3v) is 2.14. The molecule has 0 aliphatic carbocycles. The lowest BCUT2D eigenvalue weighted by atomic mass is 10.1. The number of ether oxygens (including phenoxy) is 2. The van der Waals surface area contributed by atoms with E-state index < -0.39 is 5.79 Å². The van der Waals surface area contributed by atoms with Crippen LogP contribution in [-0.2, 0) is 15.3 Å². The minimum absolute atomic E-state index is 0.484. The second kappa shape index (κ2) is 2.97. The molecule has 0 amide bonds. The van der Waals surface area contributed by atoms with E-state index in [1.54, 1.807) is 12.3 Å². The summed E-state index contributed by atoms with van der Waals surface area (Å²) in [5, 5.41) is 0. The molecular formula is C9H12N2O2. The van der Waals surface area contributed by atoms with Crippen LogP contribution in [0.25, 0.3) is 0 Å². The number of aromatic nitrogens is 1. The van der Waals surface area contributed by atoms with Crippen molar-refractivity contribution < 1.29 is 9.47 Å². The van der Waals surface area contributed by atoms with Gasteiger partial charge in [0.05, 0.1) is 13.2 Å². The van der Waals surface area contributed by atoms with Gasteiger partial charge in [0, 0.05) is 11.8 Å². The lowest BCUT2D eigenvalue weighted by Gasteiger charge is -2.22. The van der Waals surface area contributed by atoms with Crippen molar-refractivity contribution >= 4 is 5.82 Å². The van der Waals surface area contributed by atoms with Crippen molar-refractivity contribution in [1.82, 2.24) is 4.98 Å². The topological polar surface area (TPSA) is 57.4 Å². The van der Waals surface area contributed by atoms with Gasteiger partial charge in [-0.15, -0.1) is 0 Å². The largest absolute Gasteiger partial charge is 0.384 e. The molecule has 0 saturated carbocycles. The Hall–Kier alpha value is -1.13. The third kappa shape index (κ3) is 1.50. The van der Waals surface area contributed by atoms with Gasteiger partial charge in [0.2, 0.25) is 0 Å². The van der Waals surface area contributed by atoms with Crippen molar-refractivity contribution in [2.75, 3.05) is 18.9 Å². The average Bonchev–Trinajstić information content (AvgIpc) is 2.54. The van der Waals surface area contributed by atoms with Gasteiger partial charge in [0.15, 0.2) is 5.79 Å². The van der Waals surface area contributed by atoms with Gasteiger partial charge >= 0.3 is 0 Å². The Labute approximate surface area is 76.7 Å². The van der Waals surface area contributed by atoms with Crippen molar-refractivity contribution in [3.8, 4) is 0 Å². The van der Waals surface area contributed by atoms with Gasteiger partial charge in [0.25, 0.3) is 0 Å². The highest BCUT2D eigenvalue weighted by molar-refractivity contribution is 5.34. The number of pyridine rings is 1. The summed E-state index contributed by atoms with van der Waals surface area (Å²) in [6, 6.07) is 3.62. The highest BCUT2D eigenvalue weighted by Crippen LogP contribution is 2.30. The second-order valence-electron chi connectivity index (χ2n) is 3.11. The first-order valence-electron chi connectivity index (χ1n) is 4.21. The minimum atomic E-state index is -0.642. The van der Waals surface area contributed by atoms with Crippen molar-refractivity contribution in [1.29, 1.82) is 0 Å². The van der Waals surface area contributed by atoms with Crippen LogP contribution in [0.2, 0.25) is 0 Å². The van der Waals surface area contributed by atoms with E-state index in [-0.39, 0.29) is 0 Å². The first-order valence-corrected chi connectivity index (χ1v) is 4.21. The zero-order valence-electron chi connectivity index (χ0n) is 7.49. The van der Waals surface area contributed by atoms with Crippen LogP contribution in [0.15, 0.2) is 18.3 Å². The summed E-state index contributed by atoms with van der Waals surface area (Å²) >= 11 is 0. The fourth-order valence-corrected chi connectivity index (χ4v) is 1.41. The maximum Gasteiger partial charge on any atom is 0.192 e. The molecule has 4 heteroatoms. The van der Waals surface area contributed by atoms with E-state index in [2.05, 4.69) is 4.98 Å². The highest BCUT2D eigenvalue weighted by Gasteiger charge is 2.33. The SMILES string of the molecule is CC1(c2ccnc(N)c2)OCCO1. The molecule has 4 nitrogen and oxygen atoms in total. The number of nitrogens with zero attached hydrogens (tertiary/aromatic N) is 1. The zero-order valence-corrected chi connectivity index (χ0v) is 7.49. The summed E-state index contributed by atoms with van der Waals surface area (Å²) in [5.74, 6) is -0.158. The average molecular weight is 180 g/mol. The molecule has 70 valence electrons. The van der Waals surface area contributed by atoms with E-state index >= 15 is 0 Å². The Balaban J connectivity index is 2.33. The molecule has 1 aliphatic rings. The predicted octanol–water partition coefficient (Wildman–Crippen LogP) is 0.883. The Morgan fingerprint density at radius 3 is 2.77 bits per heavy atom. The number of anilines is 1. The Morgan fingerprint density at radius 2 is 2.15 bits per heavy atom. The molecule has 0 atom stereocenters. The van der Waals surface area contributed by atoms with Crippen LogP contribution in [0.3, 0.4) is 0 Å². The van der Waals surface area contributed by atoms with Gasteiger partial charge in [-0.25, -0.2) is 4.98 Å². The molecule has 13 heavy (non-hydrogen) atoms. The Bertz CT molecular complexity index is 308. The monoisotopic (exact) mass is 180 g/mol. The van der Waals surface area contributed by atoms with E-state index in [0.29, 0.717) is 19.0 Å². The van der Waals surface area contributed by atoms with Crippen molar-refractivity contribution in [3.63, 3.8) is 0 Å². The Morgan fingerprint density at radius 1 is 1.46 bits per heavy atom. The molecule has 2 heterocycles. The molecule has 1 aromatic rings. The molecule has 0 bridgehead atoms. The maximum absolute atomic E-state index is 5.56. The summed E-state index contributed by atoms with van der Waals surface area (Å²) in [6.07, 6.45) is 1.65. The molecule has 1 fully saturated rings. The van der Waals surface area contributed by atoms with Gasteiger partial charge in [-0.3, -0.25) is 0 Å². The molecule has 0 unspecified atom stereocenters. The summed E-state index contributed by atoms with van der Waals surface area (Å²) in [6.45, 7) is 3.13. The first kappa shape index (κ1) is 8.47. The van der Waals surface area contributed by atoms with Gasteiger partial charge in [-0.2, -0.15) is 0 Å². The van der Waals surface area contributed by atoms with Crippen LogP contribution >= 0.6 is 0 Å². The summed E-state index contributed by atoms with van der Waals surface area (Å²) < 4.78 is 11.0. The number of nitrogens with two attached hydrogens (primary N) is 1. The molecule has 1 saturated heterocycles. The fraction of sp³-hybridized carbons (Fsp3) is 0.444.